The third kappa shape index (κ3) is 8.22. The van der Waals surface area contributed by atoms with Crippen LogP contribution in [0.3, 0.4) is 0 Å². The van der Waals surface area contributed by atoms with Gasteiger partial charge in [-0.25, -0.2) is 0 Å². The molecule has 0 saturated carbocycles. The van der Waals surface area contributed by atoms with Gasteiger partial charge in [0.05, 0.1) is 6.61 Å². The van der Waals surface area contributed by atoms with Crippen molar-refractivity contribution in [3.05, 3.63) is 0 Å². The molecule has 0 bridgehead atoms. The summed E-state index contributed by atoms with van der Waals surface area (Å²) in [6, 6.07) is 0. The van der Waals surface area contributed by atoms with Crippen LogP contribution in [0.4, 0.5) is 0 Å². The highest BCUT2D eigenvalue weighted by atomic mass is 16.7. The van der Waals surface area contributed by atoms with E-state index < -0.39 is 0 Å². The van der Waals surface area contributed by atoms with Crippen molar-refractivity contribution < 1.29 is 14.2 Å². The van der Waals surface area contributed by atoms with Crippen LogP contribution < -0.4 is 0 Å². The van der Waals surface area contributed by atoms with Crippen LogP contribution in [-0.4, -0.2) is 33.2 Å². The molecule has 1 atom stereocenters. The van der Waals surface area contributed by atoms with E-state index in [9.17, 15) is 0 Å². The van der Waals surface area contributed by atoms with E-state index in [-0.39, 0.29) is 6.29 Å². The molecule has 0 amide bonds. The summed E-state index contributed by atoms with van der Waals surface area (Å²) in [5.41, 5.74) is 0. The van der Waals surface area contributed by atoms with Crippen molar-refractivity contribution in [2.75, 3.05) is 26.9 Å². The zero-order valence-electron chi connectivity index (χ0n) is 9.04. The Labute approximate surface area is 81.4 Å². The normalized spacial score (nSPS) is 13.2. The third-order valence-corrected chi connectivity index (χ3v) is 1.62. The molecular weight excluding hydrogens is 168 g/mol. The van der Waals surface area contributed by atoms with Crippen molar-refractivity contribution in [3.8, 4) is 0 Å². The monoisotopic (exact) mass is 190 g/mol. The lowest BCUT2D eigenvalue weighted by Crippen LogP contribution is -2.18. The van der Waals surface area contributed by atoms with Crippen molar-refractivity contribution >= 4 is 0 Å². The van der Waals surface area contributed by atoms with Crippen molar-refractivity contribution in [1.82, 2.24) is 0 Å². The van der Waals surface area contributed by atoms with Crippen LogP contribution in [0.5, 0.6) is 0 Å². The maximum absolute atomic E-state index is 5.42. The molecular formula is C10H22O3. The van der Waals surface area contributed by atoms with E-state index in [1.54, 1.807) is 7.11 Å². The van der Waals surface area contributed by atoms with Gasteiger partial charge in [0.15, 0.2) is 6.29 Å². The van der Waals surface area contributed by atoms with Crippen LogP contribution in [0.2, 0.25) is 0 Å². The Kier molecular flexibility index (Phi) is 9.87. The Morgan fingerprint density at radius 1 is 1.00 bits per heavy atom. The molecule has 1 unspecified atom stereocenters. The highest BCUT2D eigenvalue weighted by Crippen LogP contribution is 2.00. The van der Waals surface area contributed by atoms with Gasteiger partial charge in [-0.2, -0.15) is 0 Å². The van der Waals surface area contributed by atoms with Crippen LogP contribution >= 0.6 is 0 Å². The summed E-state index contributed by atoms with van der Waals surface area (Å²) < 4.78 is 15.9. The molecule has 0 radical (unpaired) electrons. The first kappa shape index (κ1) is 12.9. The highest BCUT2D eigenvalue weighted by molar-refractivity contribution is 4.43. The summed E-state index contributed by atoms with van der Waals surface area (Å²) in [6.45, 7) is 6.48. The second kappa shape index (κ2) is 9.96. The molecule has 0 heterocycles. The van der Waals surface area contributed by atoms with Crippen LogP contribution in [0.1, 0.15) is 33.1 Å². The molecule has 0 aliphatic rings. The predicted molar refractivity (Wildman–Crippen MR) is 52.8 cm³/mol. The Bertz CT molecular complexity index is 96.2. The molecule has 0 saturated heterocycles. The average molecular weight is 190 g/mol. The minimum Gasteiger partial charge on any atom is -0.381 e. The average Bonchev–Trinajstić information content (AvgIpc) is 2.17. The second-order valence-electron chi connectivity index (χ2n) is 2.94. The first-order valence-electron chi connectivity index (χ1n) is 5.07. The standard InChI is InChI=1S/C10H22O3/c1-4-7-12-9-6-10(11-3)13-8-5-2/h10H,4-9H2,1-3H3. The lowest BCUT2D eigenvalue weighted by atomic mass is 10.4. The largest absolute Gasteiger partial charge is 0.381 e. The quantitative estimate of drug-likeness (QED) is 0.412. The van der Waals surface area contributed by atoms with E-state index in [1.807, 2.05) is 0 Å². The summed E-state index contributed by atoms with van der Waals surface area (Å²) in [5.74, 6) is 0. The predicted octanol–water partition coefficient (Wildman–Crippen LogP) is 2.20. The Morgan fingerprint density at radius 2 is 1.69 bits per heavy atom. The summed E-state index contributed by atoms with van der Waals surface area (Å²) >= 11 is 0. The summed E-state index contributed by atoms with van der Waals surface area (Å²) in [4.78, 5) is 0. The number of methoxy groups -OCH3 is 1. The van der Waals surface area contributed by atoms with Crippen LogP contribution in [-0.2, 0) is 14.2 Å². The molecule has 0 spiro atoms. The zero-order chi connectivity index (χ0) is 9.94. The van der Waals surface area contributed by atoms with E-state index >= 15 is 0 Å². The maximum atomic E-state index is 5.42. The molecule has 0 N–H and O–H groups in total. The van der Waals surface area contributed by atoms with Crippen molar-refractivity contribution in [3.63, 3.8) is 0 Å². The fraction of sp³-hybridized carbons (Fsp3) is 1.00. The van der Waals surface area contributed by atoms with E-state index in [4.69, 9.17) is 14.2 Å². The first-order chi connectivity index (χ1) is 6.35. The Balaban J connectivity index is 3.25. The lowest BCUT2D eigenvalue weighted by Gasteiger charge is -2.15. The number of rotatable bonds is 9. The van der Waals surface area contributed by atoms with Gasteiger partial charge in [-0.1, -0.05) is 13.8 Å². The number of ether oxygens (including phenoxy) is 3. The van der Waals surface area contributed by atoms with Gasteiger partial charge in [0.1, 0.15) is 0 Å². The van der Waals surface area contributed by atoms with Gasteiger partial charge in [-0.3, -0.25) is 0 Å². The maximum Gasteiger partial charge on any atom is 0.159 e. The van der Waals surface area contributed by atoms with Gasteiger partial charge < -0.3 is 14.2 Å². The molecule has 13 heavy (non-hydrogen) atoms. The van der Waals surface area contributed by atoms with Crippen molar-refractivity contribution in [2.24, 2.45) is 0 Å². The lowest BCUT2D eigenvalue weighted by molar-refractivity contribution is -0.135. The van der Waals surface area contributed by atoms with Gasteiger partial charge in [0.25, 0.3) is 0 Å². The van der Waals surface area contributed by atoms with E-state index in [0.29, 0.717) is 0 Å². The highest BCUT2D eigenvalue weighted by Gasteiger charge is 2.05. The van der Waals surface area contributed by atoms with Gasteiger partial charge >= 0.3 is 0 Å². The Morgan fingerprint density at radius 3 is 2.23 bits per heavy atom. The molecule has 0 aliphatic heterocycles. The molecule has 80 valence electrons. The summed E-state index contributed by atoms with van der Waals surface area (Å²) in [5, 5.41) is 0. The molecule has 3 nitrogen and oxygen atoms in total. The van der Waals surface area contributed by atoms with Gasteiger partial charge in [-0.15, -0.1) is 0 Å². The molecule has 3 heteroatoms. The molecule has 0 aromatic rings. The minimum absolute atomic E-state index is 0.100. The topological polar surface area (TPSA) is 27.7 Å². The fourth-order valence-electron chi connectivity index (χ4n) is 0.944. The zero-order valence-corrected chi connectivity index (χ0v) is 9.04. The summed E-state index contributed by atoms with van der Waals surface area (Å²) in [6.07, 6.45) is 2.80. The smallest absolute Gasteiger partial charge is 0.159 e. The second-order valence-corrected chi connectivity index (χ2v) is 2.94. The third-order valence-electron chi connectivity index (χ3n) is 1.62. The van der Waals surface area contributed by atoms with Crippen LogP contribution in [0.25, 0.3) is 0 Å². The van der Waals surface area contributed by atoms with Gasteiger partial charge in [0, 0.05) is 26.7 Å². The SMILES string of the molecule is CCCOCCC(OC)OCCC. The number of hydrogen-bond donors (Lipinski definition) is 0. The fourth-order valence-corrected chi connectivity index (χ4v) is 0.944. The minimum atomic E-state index is -0.100. The van der Waals surface area contributed by atoms with Gasteiger partial charge in [0.2, 0.25) is 0 Å². The van der Waals surface area contributed by atoms with Crippen LogP contribution in [0, 0.1) is 0 Å². The van der Waals surface area contributed by atoms with Crippen LogP contribution in [0.15, 0.2) is 0 Å². The molecule has 0 aromatic carbocycles. The van der Waals surface area contributed by atoms with Crippen molar-refractivity contribution in [1.29, 1.82) is 0 Å². The van der Waals surface area contributed by atoms with E-state index in [2.05, 4.69) is 13.8 Å². The van der Waals surface area contributed by atoms with E-state index in [0.717, 1.165) is 39.1 Å². The number of hydrogen-bond acceptors (Lipinski definition) is 3. The molecule has 0 rings (SSSR count). The molecule has 0 fully saturated rings. The summed E-state index contributed by atoms with van der Waals surface area (Å²) in [7, 11) is 1.67. The van der Waals surface area contributed by atoms with Crippen molar-refractivity contribution in [2.45, 2.75) is 39.4 Å². The first-order valence-corrected chi connectivity index (χ1v) is 5.07. The Hall–Kier alpha value is -0.120. The van der Waals surface area contributed by atoms with E-state index in [1.165, 1.54) is 0 Å². The molecule has 0 aliphatic carbocycles. The van der Waals surface area contributed by atoms with Gasteiger partial charge in [-0.05, 0) is 12.8 Å². The molecule has 0 aromatic heterocycles.